The van der Waals surface area contributed by atoms with Crippen LogP contribution in [-0.4, -0.2) is 23.0 Å². The van der Waals surface area contributed by atoms with Crippen LogP contribution >= 0.6 is 0 Å². The average molecular weight is 262 g/mol. The SMILES string of the molecule is NC(CC(=O)NCc1ccc(C(=O)O)cc1)C1CC1. The molecule has 1 saturated carbocycles. The standard InChI is InChI=1S/C14H18N2O3/c15-12(10-5-6-10)7-13(17)16-8-9-1-3-11(4-2-9)14(18)19/h1-4,10,12H,5-8,15H2,(H,16,17)(H,18,19). The Morgan fingerprint density at radius 1 is 1.32 bits per heavy atom. The number of carboxylic acids is 1. The minimum absolute atomic E-state index is 0.0330. The molecule has 0 saturated heterocycles. The Kier molecular flexibility index (Phi) is 4.16. The van der Waals surface area contributed by atoms with Crippen LogP contribution in [0.2, 0.25) is 0 Å². The topological polar surface area (TPSA) is 92.4 Å². The van der Waals surface area contributed by atoms with E-state index in [1.165, 1.54) is 12.1 Å². The minimum Gasteiger partial charge on any atom is -0.478 e. The number of aromatic carboxylic acids is 1. The molecular weight excluding hydrogens is 244 g/mol. The minimum atomic E-state index is -0.953. The molecule has 0 bridgehead atoms. The number of nitrogens with one attached hydrogen (secondary N) is 1. The van der Waals surface area contributed by atoms with E-state index in [1.54, 1.807) is 12.1 Å². The van der Waals surface area contributed by atoms with Crippen LogP contribution in [0.25, 0.3) is 0 Å². The normalized spacial score (nSPS) is 15.8. The molecule has 1 aliphatic rings. The quantitative estimate of drug-likeness (QED) is 0.716. The van der Waals surface area contributed by atoms with Crippen molar-refractivity contribution in [1.29, 1.82) is 0 Å². The van der Waals surface area contributed by atoms with Gasteiger partial charge in [-0.05, 0) is 36.5 Å². The number of nitrogens with two attached hydrogens (primary N) is 1. The Morgan fingerprint density at radius 2 is 1.95 bits per heavy atom. The molecule has 1 aromatic rings. The molecular formula is C14H18N2O3. The van der Waals surface area contributed by atoms with Crippen LogP contribution in [0.3, 0.4) is 0 Å². The lowest BCUT2D eigenvalue weighted by molar-refractivity contribution is -0.121. The first kappa shape index (κ1) is 13.5. The molecule has 0 aromatic heterocycles. The van der Waals surface area contributed by atoms with Gasteiger partial charge in [0, 0.05) is 19.0 Å². The number of carbonyl (C=O) groups is 2. The van der Waals surface area contributed by atoms with Gasteiger partial charge in [-0.1, -0.05) is 12.1 Å². The zero-order valence-corrected chi connectivity index (χ0v) is 10.6. The summed E-state index contributed by atoms with van der Waals surface area (Å²) in [6, 6.07) is 6.42. The van der Waals surface area contributed by atoms with E-state index in [0.29, 0.717) is 18.9 Å². The van der Waals surface area contributed by atoms with Gasteiger partial charge in [0.1, 0.15) is 0 Å². The molecule has 19 heavy (non-hydrogen) atoms. The summed E-state index contributed by atoms with van der Waals surface area (Å²) in [7, 11) is 0. The molecule has 5 nitrogen and oxygen atoms in total. The molecule has 1 aromatic carbocycles. The number of rotatable bonds is 6. The van der Waals surface area contributed by atoms with E-state index in [0.717, 1.165) is 18.4 Å². The second-order valence-electron chi connectivity index (χ2n) is 4.98. The molecule has 0 radical (unpaired) electrons. The van der Waals surface area contributed by atoms with Crippen molar-refractivity contribution in [2.45, 2.75) is 31.8 Å². The third-order valence-corrected chi connectivity index (χ3v) is 3.34. The van der Waals surface area contributed by atoms with Crippen LogP contribution in [0.5, 0.6) is 0 Å². The molecule has 0 heterocycles. The van der Waals surface area contributed by atoms with Gasteiger partial charge >= 0.3 is 5.97 Å². The van der Waals surface area contributed by atoms with Crippen molar-refractivity contribution >= 4 is 11.9 Å². The maximum Gasteiger partial charge on any atom is 0.335 e. The molecule has 1 amide bonds. The van der Waals surface area contributed by atoms with Crippen LogP contribution in [0.4, 0.5) is 0 Å². The van der Waals surface area contributed by atoms with Crippen LogP contribution in [0.1, 0.15) is 35.2 Å². The Morgan fingerprint density at radius 3 is 2.47 bits per heavy atom. The van der Waals surface area contributed by atoms with Gasteiger partial charge in [0.2, 0.25) is 5.91 Å². The summed E-state index contributed by atoms with van der Waals surface area (Å²) < 4.78 is 0. The van der Waals surface area contributed by atoms with Crippen molar-refractivity contribution in [3.05, 3.63) is 35.4 Å². The number of carboxylic acid groups (broad SMARTS) is 1. The lowest BCUT2D eigenvalue weighted by Gasteiger charge is -2.10. The van der Waals surface area contributed by atoms with Crippen molar-refractivity contribution in [3.8, 4) is 0 Å². The molecule has 1 unspecified atom stereocenters. The Labute approximate surface area is 111 Å². The van der Waals surface area contributed by atoms with E-state index in [-0.39, 0.29) is 17.5 Å². The zero-order valence-electron chi connectivity index (χ0n) is 10.6. The maximum absolute atomic E-state index is 11.6. The molecule has 1 aliphatic carbocycles. The first-order valence-corrected chi connectivity index (χ1v) is 6.41. The molecule has 102 valence electrons. The third-order valence-electron chi connectivity index (χ3n) is 3.34. The second-order valence-corrected chi connectivity index (χ2v) is 4.98. The van der Waals surface area contributed by atoms with Crippen LogP contribution in [0.15, 0.2) is 24.3 Å². The summed E-state index contributed by atoms with van der Waals surface area (Å²) in [6.45, 7) is 0.399. The summed E-state index contributed by atoms with van der Waals surface area (Å²) in [5.74, 6) is -0.492. The fraction of sp³-hybridized carbons (Fsp3) is 0.429. The Bertz CT molecular complexity index is 466. The van der Waals surface area contributed by atoms with Crippen molar-refractivity contribution in [2.24, 2.45) is 11.7 Å². The van der Waals surface area contributed by atoms with Crippen LogP contribution in [-0.2, 0) is 11.3 Å². The monoisotopic (exact) mass is 262 g/mol. The van der Waals surface area contributed by atoms with Crippen LogP contribution in [0, 0.1) is 5.92 Å². The lowest BCUT2D eigenvalue weighted by Crippen LogP contribution is -2.32. The fourth-order valence-electron chi connectivity index (χ4n) is 1.94. The summed E-state index contributed by atoms with van der Waals surface area (Å²) in [5.41, 5.74) is 6.99. The fourth-order valence-corrected chi connectivity index (χ4v) is 1.94. The molecule has 2 rings (SSSR count). The van der Waals surface area contributed by atoms with Gasteiger partial charge in [0.15, 0.2) is 0 Å². The summed E-state index contributed by atoms with van der Waals surface area (Å²) >= 11 is 0. The van der Waals surface area contributed by atoms with Gasteiger partial charge in [-0.2, -0.15) is 0 Å². The highest BCUT2D eigenvalue weighted by atomic mass is 16.4. The number of amides is 1. The van der Waals surface area contributed by atoms with Gasteiger partial charge in [0.25, 0.3) is 0 Å². The van der Waals surface area contributed by atoms with Crippen molar-refractivity contribution in [2.75, 3.05) is 0 Å². The van der Waals surface area contributed by atoms with Gasteiger partial charge in [-0.15, -0.1) is 0 Å². The van der Waals surface area contributed by atoms with E-state index in [2.05, 4.69) is 5.32 Å². The van der Waals surface area contributed by atoms with Crippen molar-refractivity contribution < 1.29 is 14.7 Å². The van der Waals surface area contributed by atoms with E-state index < -0.39 is 5.97 Å². The smallest absolute Gasteiger partial charge is 0.335 e. The number of hydrogen-bond donors (Lipinski definition) is 3. The molecule has 1 fully saturated rings. The first-order valence-electron chi connectivity index (χ1n) is 6.41. The number of carbonyl (C=O) groups excluding carboxylic acids is 1. The predicted molar refractivity (Wildman–Crippen MR) is 70.6 cm³/mol. The summed E-state index contributed by atoms with van der Waals surface area (Å²) in [6.07, 6.45) is 2.62. The molecule has 1 atom stereocenters. The zero-order chi connectivity index (χ0) is 13.8. The average Bonchev–Trinajstić information content (AvgIpc) is 3.21. The Balaban J connectivity index is 1.77. The predicted octanol–water partition coefficient (Wildman–Crippen LogP) is 1.13. The molecule has 0 spiro atoms. The van der Waals surface area contributed by atoms with E-state index >= 15 is 0 Å². The third kappa shape index (κ3) is 4.06. The Hall–Kier alpha value is -1.88. The van der Waals surface area contributed by atoms with Gasteiger partial charge in [-0.25, -0.2) is 4.79 Å². The van der Waals surface area contributed by atoms with E-state index in [9.17, 15) is 9.59 Å². The molecule has 4 N–H and O–H groups in total. The summed E-state index contributed by atoms with van der Waals surface area (Å²) in [5, 5.41) is 11.6. The number of hydrogen-bond acceptors (Lipinski definition) is 3. The number of benzene rings is 1. The van der Waals surface area contributed by atoms with Crippen molar-refractivity contribution in [1.82, 2.24) is 5.32 Å². The largest absolute Gasteiger partial charge is 0.478 e. The molecule has 0 aliphatic heterocycles. The highest BCUT2D eigenvalue weighted by Gasteiger charge is 2.29. The molecule has 5 heteroatoms. The second kappa shape index (κ2) is 5.84. The first-order chi connectivity index (χ1) is 9.06. The lowest BCUT2D eigenvalue weighted by atomic mass is 10.1. The van der Waals surface area contributed by atoms with Crippen LogP contribution < -0.4 is 11.1 Å². The van der Waals surface area contributed by atoms with E-state index in [4.69, 9.17) is 10.8 Å². The van der Waals surface area contributed by atoms with Gasteiger partial charge in [0.05, 0.1) is 5.56 Å². The highest BCUT2D eigenvalue weighted by molar-refractivity contribution is 5.87. The summed E-state index contributed by atoms with van der Waals surface area (Å²) in [4.78, 5) is 22.3. The van der Waals surface area contributed by atoms with Gasteiger partial charge < -0.3 is 16.2 Å². The van der Waals surface area contributed by atoms with Gasteiger partial charge in [-0.3, -0.25) is 4.79 Å². The van der Waals surface area contributed by atoms with E-state index in [1.807, 2.05) is 0 Å². The highest BCUT2D eigenvalue weighted by Crippen LogP contribution is 2.32. The van der Waals surface area contributed by atoms with Crippen molar-refractivity contribution in [3.63, 3.8) is 0 Å². The maximum atomic E-state index is 11.6.